The molecule has 0 unspecified atom stereocenters. The molecule has 1 N–H and O–H groups in total. The van der Waals surface area contributed by atoms with Gasteiger partial charge in [-0.15, -0.1) is 0 Å². The van der Waals surface area contributed by atoms with Gasteiger partial charge in [0.25, 0.3) is 0 Å². The predicted molar refractivity (Wildman–Crippen MR) is 65.1 cm³/mol. The van der Waals surface area contributed by atoms with E-state index in [1.807, 2.05) is 46.7 Å². The number of likely N-dealkylation sites (N-methyl/N-ethyl adjacent to an activating group) is 1. The molecule has 1 amide bonds. The molecule has 0 aliphatic rings. The summed E-state index contributed by atoms with van der Waals surface area (Å²) in [7, 11) is 3.74. The van der Waals surface area contributed by atoms with E-state index in [0.717, 1.165) is 6.29 Å². The smallest absolute Gasteiger partial charge is 0.238 e. The third kappa shape index (κ3) is 4.31. The van der Waals surface area contributed by atoms with Gasteiger partial charge in [-0.05, 0) is 25.9 Å². The van der Waals surface area contributed by atoms with Gasteiger partial charge < -0.3 is 10.1 Å². The number of amides is 1. The summed E-state index contributed by atoms with van der Waals surface area (Å²) in [5.74, 6) is 0.261. The molecule has 0 aliphatic carbocycles. The molecule has 0 saturated heterocycles. The number of nitrogens with zero attached hydrogens (tertiary/aromatic N) is 1. The largest absolute Gasteiger partial charge is 0.345 e. The van der Waals surface area contributed by atoms with Crippen LogP contribution in [0.3, 0.4) is 0 Å². The van der Waals surface area contributed by atoms with Crippen molar-refractivity contribution in [3.8, 4) is 0 Å². The van der Waals surface area contributed by atoms with Crippen LogP contribution in [0.4, 0.5) is 0 Å². The monoisotopic (exact) mass is 228 g/mol. The Morgan fingerprint density at radius 3 is 1.88 bits per heavy atom. The van der Waals surface area contributed by atoms with E-state index in [0.29, 0.717) is 0 Å². The molecule has 0 aliphatic heterocycles. The van der Waals surface area contributed by atoms with Crippen molar-refractivity contribution in [1.29, 1.82) is 0 Å². The summed E-state index contributed by atoms with van der Waals surface area (Å²) >= 11 is 0. The maximum atomic E-state index is 12.0. The minimum atomic E-state index is -0.395. The Hall–Kier alpha value is -0.900. The molecule has 16 heavy (non-hydrogen) atoms. The summed E-state index contributed by atoms with van der Waals surface area (Å²) in [5.41, 5.74) is 0. The van der Waals surface area contributed by atoms with Crippen molar-refractivity contribution in [2.45, 2.75) is 39.8 Å². The topological polar surface area (TPSA) is 49.4 Å². The van der Waals surface area contributed by atoms with Gasteiger partial charge >= 0.3 is 0 Å². The lowest BCUT2D eigenvalue weighted by Crippen LogP contribution is -2.51. The molecule has 4 nitrogen and oxygen atoms in total. The molecule has 2 atom stereocenters. The zero-order chi connectivity index (χ0) is 12.9. The van der Waals surface area contributed by atoms with E-state index >= 15 is 0 Å². The zero-order valence-electron chi connectivity index (χ0n) is 11.2. The highest BCUT2D eigenvalue weighted by Gasteiger charge is 2.26. The average molecular weight is 228 g/mol. The highest BCUT2D eigenvalue weighted by molar-refractivity contribution is 5.84. The molecule has 4 heteroatoms. The highest BCUT2D eigenvalue weighted by atomic mass is 16.2. The Labute approximate surface area is 98.4 Å². The molecule has 0 fully saturated rings. The van der Waals surface area contributed by atoms with Crippen LogP contribution in [0, 0.1) is 11.8 Å². The molecular weight excluding hydrogens is 204 g/mol. The first kappa shape index (κ1) is 15.1. The van der Waals surface area contributed by atoms with Crippen molar-refractivity contribution >= 4 is 12.2 Å². The van der Waals surface area contributed by atoms with E-state index in [1.54, 1.807) is 0 Å². The van der Waals surface area contributed by atoms with E-state index in [2.05, 4.69) is 5.32 Å². The number of carbonyl (C=O) groups is 2. The van der Waals surface area contributed by atoms with Crippen LogP contribution in [0.15, 0.2) is 0 Å². The zero-order valence-corrected chi connectivity index (χ0v) is 11.2. The second-order valence-electron chi connectivity index (χ2n) is 5.07. The van der Waals surface area contributed by atoms with Gasteiger partial charge in [-0.25, -0.2) is 0 Å². The molecule has 0 saturated carbocycles. The van der Waals surface area contributed by atoms with Gasteiger partial charge in [0.1, 0.15) is 6.29 Å². The third-order valence-corrected chi connectivity index (χ3v) is 2.63. The van der Waals surface area contributed by atoms with E-state index < -0.39 is 6.04 Å². The minimum absolute atomic E-state index is 0.0780. The van der Waals surface area contributed by atoms with Crippen LogP contribution in [0.25, 0.3) is 0 Å². The minimum Gasteiger partial charge on any atom is -0.345 e. The van der Waals surface area contributed by atoms with Crippen molar-refractivity contribution in [3.63, 3.8) is 0 Å². The number of rotatable bonds is 6. The van der Waals surface area contributed by atoms with Crippen LogP contribution in [-0.4, -0.2) is 43.3 Å². The van der Waals surface area contributed by atoms with E-state index in [4.69, 9.17) is 0 Å². The van der Waals surface area contributed by atoms with Crippen LogP contribution >= 0.6 is 0 Å². The van der Waals surface area contributed by atoms with Crippen molar-refractivity contribution in [3.05, 3.63) is 0 Å². The Bertz CT molecular complexity index is 229. The number of carbonyl (C=O) groups excluding carboxylic acids is 2. The number of aldehydes is 1. The summed E-state index contributed by atoms with van der Waals surface area (Å²) in [5, 5.41) is 2.78. The van der Waals surface area contributed by atoms with Gasteiger partial charge in [0.05, 0.1) is 12.1 Å². The van der Waals surface area contributed by atoms with E-state index in [1.165, 1.54) is 0 Å². The number of hydrogen-bond donors (Lipinski definition) is 1. The van der Waals surface area contributed by atoms with Gasteiger partial charge in [0.2, 0.25) is 5.91 Å². The Balaban J connectivity index is 4.58. The molecule has 0 aromatic rings. The van der Waals surface area contributed by atoms with Gasteiger partial charge in [-0.2, -0.15) is 0 Å². The summed E-state index contributed by atoms with van der Waals surface area (Å²) < 4.78 is 0. The number of hydrogen-bond acceptors (Lipinski definition) is 3. The van der Waals surface area contributed by atoms with Crippen molar-refractivity contribution < 1.29 is 9.59 Å². The standard InChI is InChI=1S/C12H24N2O2/c1-8(2)10(7-15)13-12(16)11(9(3)4)14(5)6/h7-11H,1-6H3,(H,13,16)/t10-,11+/m1/s1. The van der Waals surface area contributed by atoms with Crippen LogP contribution in [0.5, 0.6) is 0 Å². The first-order valence-corrected chi connectivity index (χ1v) is 5.73. The second kappa shape index (κ2) is 6.63. The normalized spacial score (nSPS) is 15.3. The van der Waals surface area contributed by atoms with Gasteiger partial charge in [-0.3, -0.25) is 9.69 Å². The lowest BCUT2D eigenvalue weighted by atomic mass is 10.0. The fraction of sp³-hybridized carbons (Fsp3) is 0.833. The predicted octanol–water partition coefficient (Wildman–Crippen LogP) is 0.912. The maximum Gasteiger partial charge on any atom is 0.238 e. The van der Waals surface area contributed by atoms with Crippen LogP contribution < -0.4 is 5.32 Å². The van der Waals surface area contributed by atoms with Crippen LogP contribution in [0.2, 0.25) is 0 Å². The average Bonchev–Trinajstić information content (AvgIpc) is 2.12. The first-order chi connectivity index (χ1) is 7.31. The first-order valence-electron chi connectivity index (χ1n) is 5.73. The summed E-state index contributed by atoms with van der Waals surface area (Å²) in [6.45, 7) is 7.82. The summed E-state index contributed by atoms with van der Waals surface area (Å²) in [6, 6.07) is -0.588. The van der Waals surface area contributed by atoms with Gasteiger partial charge in [-0.1, -0.05) is 27.7 Å². The fourth-order valence-corrected chi connectivity index (χ4v) is 1.74. The van der Waals surface area contributed by atoms with Crippen molar-refractivity contribution in [2.75, 3.05) is 14.1 Å². The molecular formula is C12H24N2O2. The molecule has 0 spiro atoms. The van der Waals surface area contributed by atoms with Gasteiger partial charge in [0.15, 0.2) is 0 Å². The van der Waals surface area contributed by atoms with Gasteiger partial charge in [0, 0.05) is 0 Å². The Morgan fingerprint density at radius 1 is 1.12 bits per heavy atom. The van der Waals surface area contributed by atoms with Crippen LogP contribution in [0.1, 0.15) is 27.7 Å². The van der Waals surface area contributed by atoms with Crippen LogP contribution in [-0.2, 0) is 9.59 Å². The summed E-state index contributed by atoms with van der Waals surface area (Å²) in [4.78, 5) is 24.7. The fourth-order valence-electron chi connectivity index (χ4n) is 1.74. The molecule has 0 rings (SSSR count). The molecule has 0 aromatic heterocycles. The third-order valence-electron chi connectivity index (χ3n) is 2.63. The molecule has 0 aromatic carbocycles. The lowest BCUT2D eigenvalue weighted by molar-refractivity contribution is -0.129. The van der Waals surface area contributed by atoms with Crippen molar-refractivity contribution in [2.24, 2.45) is 11.8 Å². The number of nitrogens with one attached hydrogen (secondary N) is 1. The quantitative estimate of drug-likeness (QED) is 0.688. The molecule has 0 bridgehead atoms. The molecule has 94 valence electrons. The van der Waals surface area contributed by atoms with E-state index in [-0.39, 0.29) is 23.8 Å². The Kier molecular flexibility index (Phi) is 6.26. The second-order valence-corrected chi connectivity index (χ2v) is 5.07. The lowest BCUT2D eigenvalue weighted by Gasteiger charge is -2.28. The highest BCUT2D eigenvalue weighted by Crippen LogP contribution is 2.09. The summed E-state index contributed by atoms with van der Waals surface area (Å²) in [6.07, 6.45) is 0.801. The van der Waals surface area contributed by atoms with E-state index in [9.17, 15) is 9.59 Å². The maximum absolute atomic E-state index is 12.0. The molecule has 0 heterocycles. The Morgan fingerprint density at radius 2 is 1.62 bits per heavy atom. The SMILES string of the molecule is CC(C)[C@@H](C(=O)N[C@H](C=O)C(C)C)N(C)C. The molecule has 0 radical (unpaired) electrons. The van der Waals surface area contributed by atoms with Crippen molar-refractivity contribution in [1.82, 2.24) is 10.2 Å².